The lowest BCUT2D eigenvalue weighted by Gasteiger charge is -2.23. The Bertz CT molecular complexity index is 352. The van der Waals surface area contributed by atoms with E-state index in [0.717, 1.165) is 25.6 Å². The molecule has 2 fully saturated rings. The third-order valence-corrected chi connectivity index (χ3v) is 3.58. The number of rotatable bonds is 4. The maximum Gasteiger partial charge on any atom is 0.328 e. The van der Waals surface area contributed by atoms with Crippen molar-refractivity contribution in [2.24, 2.45) is 0 Å². The summed E-state index contributed by atoms with van der Waals surface area (Å²) >= 11 is 0. The number of nitrogens with one attached hydrogen (secondary N) is 2. The van der Waals surface area contributed by atoms with Crippen LogP contribution in [0.5, 0.6) is 0 Å². The van der Waals surface area contributed by atoms with Gasteiger partial charge in [0, 0.05) is 25.2 Å². The van der Waals surface area contributed by atoms with Gasteiger partial charge >= 0.3 is 12.0 Å². The number of hydrogen-bond acceptors (Lipinski definition) is 3. The zero-order valence-corrected chi connectivity index (χ0v) is 10.9. The molecule has 1 unspecified atom stereocenters. The quantitative estimate of drug-likeness (QED) is 0.678. The average Bonchev–Trinajstić information content (AvgIpc) is 2.99. The fourth-order valence-corrected chi connectivity index (χ4v) is 2.24. The molecule has 102 valence electrons. The zero-order valence-electron chi connectivity index (χ0n) is 10.9. The topological polar surface area (TPSA) is 81.7 Å². The summed E-state index contributed by atoms with van der Waals surface area (Å²) in [7, 11) is 0. The Morgan fingerprint density at radius 1 is 1.28 bits per heavy atom. The number of carbonyl (C=O) groups is 2. The molecular weight excluding hydrogens is 234 g/mol. The third-order valence-electron chi connectivity index (χ3n) is 3.58. The summed E-state index contributed by atoms with van der Waals surface area (Å²) in [4.78, 5) is 25.0. The van der Waals surface area contributed by atoms with Crippen LogP contribution >= 0.6 is 0 Å². The molecule has 3 N–H and O–H groups in total. The molecule has 1 aliphatic heterocycles. The maximum atomic E-state index is 11.7. The van der Waals surface area contributed by atoms with Gasteiger partial charge < -0.3 is 15.7 Å². The van der Waals surface area contributed by atoms with E-state index in [0.29, 0.717) is 0 Å². The first-order chi connectivity index (χ1) is 8.38. The van der Waals surface area contributed by atoms with E-state index in [1.165, 1.54) is 26.7 Å². The van der Waals surface area contributed by atoms with Gasteiger partial charge in [0.05, 0.1) is 0 Å². The lowest BCUT2D eigenvalue weighted by molar-refractivity contribution is -0.142. The predicted molar refractivity (Wildman–Crippen MR) is 66.4 cm³/mol. The highest BCUT2D eigenvalue weighted by atomic mass is 16.4. The third kappa shape index (κ3) is 3.13. The van der Waals surface area contributed by atoms with Crippen molar-refractivity contribution in [3.8, 4) is 0 Å². The van der Waals surface area contributed by atoms with E-state index in [2.05, 4.69) is 15.5 Å². The molecule has 1 saturated carbocycles. The first-order valence-electron chi connectivity index (χ1n) is 6.44. The Morgan fingerprint density at radius 3 is 2.50 bits per heavy atom. The molecule has 0 radical (unpaired) electrons. The van der Waals surface area contributed by atoms with Crippen LogP contribution in [0.2, 0.25) is 0 Å². The van der Waals surface area contributed by atoms with E-state index in [1.807, 2.05) is 0 Å². The molecule has 0 spiro atoms. The van der Waals surface area contributed by atoms with Gasteiger partial charge in [0.15, 0.2) is 0 Å². The summed E-state index contributed by atoms with van der Waals surface area (Å²) in [6.07, 6.45) is 3.48. The minimum Gasteiger partial charge on any atom is -0.480 e. The summed E-state index contributed by atoms with van der Waals surface area (Å²) in [5.74, 6) is -1.04. The number of hydrogen-bond donors (Lipinski definition) is 3. The highest BCUT2D eigenvalue weighted by molar-refractivity contribution is 5.85. The highest BCUT2D eigenvalue weighted by Crippen LogP contribution is 2.29. The van der Waals surface area contributed by atoms with Crippen LogP contribution < -0.4 is 10.6 Å². The minimum absolute atomic E-state index is 0.134. The molecule has 1 atom stereocenters. The van der Waals surface area contributed by atoms with Gasteiger partial charge in [-0.3, -0.25) is 4.90 Å². The fraction of sp³-hybridized carbons (Fsp3) is 0.833. The summed E-state index contributed by atoms with van der Waals surface area (Å²) in [6.45, 7) is 4.85. The molecule has 1 heterocycles. The molecule has 1 aliphatic carbocycles. The van der Waals surface area contributed by atoms with Gasteiger partial charge in [0.1, 0.15) is 5.54 Å². The van der Waals surface area contributed by atoms with Crippen LogP contribution in [0.1, 0.15) is 33.1 Å². The van der Waals surface area contributed by atoms with Gasteiger partial charge in [-0.05, 0) is 33.1 Å². The van der Waals surface area contributed by atoms with Crippen LogP contribution in [-0.2, 0) is 4.79 Å². The number of aliphatic carboxylic acids is 1. The van der Waals surface area contributed by atoms with Crippen molar-refractivity contribution in [3.63, 3.8) is 0 Å². The molecule has 2 aliphatic rings. The summed E-state index contributed by atoms with van der Waals surface area (Å²) in [5, 5.41) is 14.2. The largest absolute Gasteiger partial charge is 0.480 e. The maximum absolute atomic E-state index is 11.7. The zero-order chi connectivity index (χ0) is 13.3. The van der Waals surface area contributed by atoms with Crippen molar-refractivity contribution in [1.82, 2.24) is 15.5 Å². The molecule has 2 rings (SSSR count). The number of nitrogens with zero attached hydrogens (tertiary/aromatic N) is 1. The molecule has 18 heavy (non-hydrogen) atoms. The van der Waals surface area contributed by atoms with Gasteiger partial charge in [-0.1, -0.05) is 0 Å². The van der Waals surface area contributed by atoms with Crippen LogP contribution in [0.25, 0.3) is 0 Å². The Labute approximate surface area is 107 Å². The van der Waals surface area contributed by atoms with Gasteiger partial charge in [0.25, 0.3) is 0 Å². The number of carboxylic acids is 1. The van der Waals surface area contributed by atoms with E-state index in [-0.39, 0.29) is 6.04 Å². The first kappa shape index (κ1) is 13.1. The van der Waals surface area contributed by atoms with Gasteiger partial charge in [0.2, 0.25) is 0 Å². The second-order valence-electron chi connectivity index (χ2n) is 5.74. The van der Waals surface area contributed by atoms with Crippen molar-refractivity contribution in [3.05, 3.63) is 0 Å². The molecule has 0 aromatic carbocycles. The first-order valence-corrected chi connectivity index (χ1v) is 6.44. The van der Waals surface area contributed by atoms with Gasteiger partial charge in [-0.25, -0.2) is 9.59 Å². The van der Waals surface area contributed by atoms with Crippen molar-refractivity contribution in [2.45, 2.75) is 50.7 Å². The summed E-state index contributed by atoms with van der Waals surface area (Å²) in [5.41, 5.74) is -1.24. The molecule has 6 nitrogen and oxygen atoms in total. The molecule has 0 aromatic rings. The van der Waals surface area contributed by atoms with Crippen molar-refractivity contribution in [2.75, 3.05) is 13.1 Å². The van der Waals surface area contributed by atoms with Gasteiger partial charge in [-0.2, -0.15) is 0 Å². The SMILES string of the molecule is CC(C)(NC(=O)NC1CCN(C2CC2)C1)C(=O)O. The smallest absolute Gasteiger partial charge is 0.328 e. The van der Waals surface area contributed by atoms with Crippen LogP contribution in [0.3, 0.4) is 0 Å². The summed E-state index contributed by atoms with van der Waals surface area (Å²) < 4.78 is 0. The summed E-state index contributed by atoms with van der Waals surface area (Å²) in [6, 6.07) is 0.454. The van der Waals surface area contributed by atoms with Crippen molar-refractivity contribution < 1.29 is 14.7 Å². The predicted octanol–water partition coefficient (Wildman–Crippen LogP) is 0.385. The van der Waals surface area contributed by atoms with E-state index in [9.17, 15) is 9.59 Å². The van der Waals surface area contributed by atoms with E-state index >= 15 is 0 Å². The minimum atomic E-state index is -1.24. The molecule has 6 heteroatoms. The van der Waals surface area contributed by atoms with Crippen LogP contribution in [0.4, 0.5) is 4.79 Å². The Morgan fingerprint density at radius 2 is 1.94 bits per heavy atom. The number of amides is 2. The lowest BCUT2D eigenvalue weighted by atomic mass is 10.1. The van der Waals surface area contributed by atoms with Crippen LogP contribution in [0, 0.1) is 0 Å². The fourth-order valence-electron chi connectivity index (χ4n) is 2.24. The standard InChI is InChI=1S/C12H21N3O3/c1-12(2,10(16)17)14-11(18)13-8-5-6-15(7-8)9-3-4-9/h8-9H,3-7H2,1-2H3,(H,16,17)(H2,13,14,18). The monoisotopic (exact) mass is 255 g/mol. The van der Waals surface area contributed by atoms with Crippen molar-refractivity contribution in [1.29, 1.82) is 0 Å². The molecule has 2 amide bonds. The highest BCUT2D eigenvalue weighted by Gasteiger charge is 2.35. The molecule has 0 bridgehead atoms. The van der Waals surface area contributed by atoms with E-state index < -0.39 is 17.5 Å². The number of likely N-dealkylation sites (tertiary alicyclic amines) is 1. The second kappa shape index (κ2) is 4.76. The lowest BCUT2D eigenvalue weighted by Crippen LogP contribution is -2.55. The average molecular weight is 255 g/mol. The van der Waals surface area contributed by atoms with E-state index in [1.54, 1.807) is 0 Å². The normalized spacial score (nSPS) is 24.9. The number of urea groups is 1. The van der Waals surface area contributed by atoms with Crippen LogP contribution in [0.15, 0.2) is 0 Å². The Kier molecular flexibility index (Phi) is 3.47. The molecule has 1 saturated heterocycles. The number of carboxylic acid groups (broad SMARTS) is 1. The van der Waals surface area contributed by atoms with Gasteiger partial charge in [-0.15, -0.1) is 0 Å². The Hall–Kier alpha value is -1.30. The molecule has 0 aromatic heterocycles. The van der Waals surface area contributed by atoms with Crippen molar-refractivity contribution >= 4 is 12.0 Å². The Balaban J connectivity index is 1.76. The van der Waals surface area contributed by atoms with E-state index in [4.69, 9.17) is 5.11 Å². The second-order valence-corrected chi connectivity index (χ2v) is 5.74. The number of carbonyl (C=O) groups excluding carboxylic acids is 1. The van der Waals surface area contributed by atoms with Crippen LogP contribution in [-0.4, -0.2) is 52.7 Å². The molecular formula is C12H21N3O3.